The standard InChI is InChI=1S/C10H18/c1-7(2)8-3-4-9-6-10(9)5-8/h7-10H,3-6H2,1-2H3/t8-,9?,10?/m1/s1. The first-order valence-corrected chi connectivity index (χ1v) is 4.77. The van der Waals surface area contributed by atoms with Gasteiger partial charge in [0, 0.05) is 0 Å². The normalized spacial score (nSPS) is 45.3. The third kappa shape index (κ3) is 1.09. The molecule has 0 radical (unpaired) electrons. The van der Waals surface area contributed by atoms with E-state index < -0.39 is 0 Å². The van der Waals surface area contributed by atoms with Gasteiger partial charge in [0.05, 0.1) is 0 Å². The fraction of sp³-hybridized carbons (Fsp3) is 1.00. The van der Waals surface area contributed by atoms with Crippen molar-refractivity contribution in [2.24, 2.45) is 23.7 Å². The van der Waals surface area contributed by atoms with Gasteiger partial charge in [-0.1, -0.05) is 13.8 Å². The molecule has 10 heavy (non-hydrogen) atoms. The molecule has 2 fully saturated rings. The Morgan fingerprint density at radius 1 is 1.00 bits per heavy atom. The van der Waals surface area contributed by atoms with Crippen LogP contribution in [0.1, 0.15) is 39.5 Å². The number of rotatable bonds is 1. The van der Waals surface area contributed by atoms with E-state index in [1.807, 2.05) is 0 Å². The van der Waals surface area contributed by atoms with Crippen molar-refractivity contribution in [3.05, 3.63) is 0 Å². The molecule has 2 rings (SSSR count). The second-order valence-corrected chi connectivity index (χ2v) is 4.57. The van der Waals surface area contributed by atoms with E-state index in [-0.39, 0.29) is 0 Å². The second-order valence-electron chi connectivity index (χ2n) is 4.57. The molecule has 2 aliphatic carbocycles. The van der Waals surface area contributed by atoms with E-state index in [4.69, 9.17) is 0 Å². The van der Waals surface area contributed by atoms with Crippen LogP contribution in [0.25, 0.3) is 0 Å². The number of hydrogen-bond acceptors (Lipinski definition) is 0. The molecule has 0 heterocycles. The van der Waals surface area contributed by atoms with Gasteiger partial charge in [0.15, 0.2) is 0 Å². The fourth-order valence-electron chi connectivity index (χ4n) is 2.49. The molecule has 0 aromatic heterocycles. The summed E-state index contributed by atoms with van der Waals surface area (Å²) in [6.07, 6.45) is 6.21. The van der Waals surface area contributed by atoms with Gasteiger partial charge in [-0.25, -0.2) is 0 Å². The van der Waals surface area contributed by atoms with Gasteiger partial charge in [0.25, 0.3) is 0 Å². The SMILES string of the molecule is CC(C)[C@@H]1CCC2CC2C1. The van der Waals surface area contributed by atoms with E-state index in [0.717, 1.165) is 11.8 Å². The van der Waals surface area contributed by atoms with Crippen molar-refractivity contribution < 1.29 is 0 Å². The molecule has 0 aromatic rings. The molecule has 0 aliphatic heterocycles. The van der Waals surface area contributed by atoms with Gasteiger partial charge >= 0.3 is 0 Å². The van der Waals surface area contributed by atoms with Crippen LogP contribution in [0.5, 0.6) is 0 Å². The van der Waals surface area contributed by atoms with Crippen LogP contribution in [-0.4, -0.2) is 0 Å². The maximum absolute atomic E-state index is 2.38. The molecular formula is C10H18. The Labute approximate surface area is 64.0 Å². The van der Waals surface area contributed by atoms with Crippen molar-refractivity contribution in [1.29, 1.82) is 0 Å². The predicted molar refractivity (Wildman–Crippen MR) is 43.8 cm³/mol. The molecule has 0 heteroatoms. The van der Waals surface area contributed by atoms with Crippen LogP contribution < -0.4 is 0 Å². The molecule has 0 aromatic carbocycles. The summed E-state index contributed by atoms with van der Waals surface area (Å²) in [6.45, 7) is 4.76. The Bertz CT molecular complexity index is 126. The van der Waals surface area contributed by atoms with Crippen molar-refractivity contribution in [3.8, 4) is 0 Å². The molecule has 2 saturated carbocycles. The summed E-state index contributed by atoms with van der Waals surface area (Å²) < 4.78 is 0. The Balaban J connectivity index is 1.88. The highest BCUT2D eigenvalue weighted by molar-refractivity contribution is 4.92. The summed E-state index contributed by atoms with van der Waals surface area (Å²) in [6, 6.07) is 0. The average Bonchev–Trinajstić information content (AvgIpc) is 2.63. The first-order chi connectivity index (χ1) is 4.77. The topological polar surface area (TPSA) is 0 Å². The van der Waals surface area contributed by atoms with Crippen LogP contribution in [0, 0.1) is 23.7 Å². The lowest BCUT2D eigenvalue weighted by Gasteiger charge is -2.24. The van der Waals surface area contributed by atoms with E-state index in [2.05, 4.69) is 13.8 Å². The monoisotopic (exact) mass is 138 g/mol. The molecule has 58 valence electrons. The molecule has 3 atom stereocenters. The van der Waals surface area contributed by atoms with E-state index in [1.165, 1.54) is 18.3 Å². The van der Waals surface area contributed by atoms with Gasteiger partial charge in [-0.05, 0) is 49.4 Å². The zero-order valence-electron chi connectivity index (χ0n) is 7.14. The van der Waals surface area contributed by atoms with Gasteiger partial charge in [-0.15, -0.1) is 0 Å². The molecule has 0 saturated heterocycles. The Morgan fingerprint density at radius 2 is 1.80 bits per heavy atom. The maximum atomic E-state index is 2.38. The van der Waals surface area contributed by atoms with Crippen molar-refractivity contribution >= 4 is 0 Å². The first-order valence-electron chi connectivity index (χ1n) is 4.77. The summed E-state index contributed by atoms with van der Waals surface area (Å²) >= 11 is 0. The highest BCUT2D eigenvalue weighted by Crippen LogP contribution is 2.52. The molecular weight excluding hydrogens is 120 g/mol. The van der Waals surface area contributed by atoms with Crippen molar-refractivity contribution in [1.82, 2.24) is 0 Å². The highest BCUT2D eigenvalue weighted by Gasteiger charge is 2.42. The van der Waals surface area contributed by atoms with E-state index in [9.17, 15) is 0 Å². The Kier molecular flexibility index (Phi) is 1.51. The Hall–Kier alpha value is 0. The zero-order chi connectivity index (χ0) is 7.14. The van der Waals surface area contributed by atoms with Crippen molar-refractivity contribution in [3.63, 3.8) is 0 Å². The largest absolute Gasteiger partial charge is 0.0625 e. The molecule has 0 spiro atoms. The van der Waals surface area contributed by atoms with Crippen LogP contribution in [0.15, 0.2) is 0 Å². The number of hydrogen-bond donors (Lipinski definition) is 0. The quantitative estimate of drug-likeness (QED) is 0.522. The van der Waals surface area contributed by atoms with Gasteiger partial charge in [-0.2, -0.15) is 0 Å². The third-order valence-corrected chi connectivity index (χ3v) is 3.53. The summed E-state index contributed by atoms with van der Waals surface area (Å²) in [5.41, 5.74) is 0. The van der Waals surface area contributed by atoms with E-state index >= 15 is 0 Å². The fourth-order valence-corrected chi connectivity index (χ4v) is 2.49. The van der Waals surface area contributed by atoms with Gasteiger partial charge in [0.2, 0.25) is 0 Å². The molecule has 0 N–H and O–H groups in total. The van der Waals surface area contributed by atoms with E-state index in [0.29, 0.717) is 0 Å². The Morgan fingerprint density at radius 3 is 2.40 bits per heavy atom. The summed E-state index contributed by atoms with van der Waals surface area (Å²) in [5, 5.41) is 0. The summed E-state index contributed by atoms with van der Waals surface area (Å²) in [4.78, 5) is 0. The van der Waals surface area contributed by atoms with Crippen LogP contribution >= 0.6 is 0 Å². The van der Waals surface area contributed by atoms with E-state index in [1.54, 1.807) is 19.3 Å². The maximum Gasteiger partial charge on any atom is -0.0380 e. The lowest BCUT2D eigenvalue weighted by atomic mass is 9.82. The van der Waals surface area contributed by atoms with Gasteiger partial charge < -0.3 is 0 Å². The lowest BCUT2D eigenvalue weighted by molar-refractivity contribution is 0.269. The van der Waals surface area contributed by atoms with Crippen LogP contribution in [0.2, 0.25) is 0 Å². The first kappa shape index (κ1) is 6.69. The lowest BCUT2D eigenvalue weighted by Crippen LogP contribution is -2.14. The summed E-state index contributed by atoms with van der Waals surface area (Å²) in [7, 11) is 0. The molecule has 2 unspecified atom stereocenters. The van der Waals surface area contributed by atoms with Crippen LogP contribution in [-0.2, 0) is 0 Å². The highest BCUT2D eigenvalue weighted by atomic mass is 14.5. The van der Waals surface area contributed by atoms with Crippen LogP contribution in [0.3, 0.4) is 0 Å². The van der Waals surface area contributed by atoms with Crippen LogP contribution in [0.4, 0.5) is 0 Å². The third-order valence-electron chi connectivity index (χ3n) is 3.53. The van der Waals surface area contributed by atoms with Gasteiger partial charge in [0.1, 0.15) is 0 Å². The minimum absolute atomic E-state index is 0.946. The summed E-state index contributed by atoms with van der Waals surface area (Å²) in [5.74, 6) is 4.36. The smallest absolute Gasteiger partial charge is 0.0380 e. The molecule has 0 bridgehead atoms. The average molecular weight is 138 g/mol. The molecule has 0 nitrogen and oxygen atoms in total. The predicted octanol–water partition coefficient (Wildman–Crippen LogP) is 3.08. The molecule has 0 amide bonds. The van der Waals surface area contributed by atoms with Crippen molar-refractivity contribution in [2.75, 3.05) is 0 Å². The minimum Gasteiger partial charge on any atom is -0.0625 e. The zero-order valence-corrected chi connectivity index (χ0v) is 7.14. The molecule has 2 aliphatic rings. The second kappa shape index (κ2) is 2.25. The van der Waals surface area contributed by atoms with Crippen molar-refractivity contribution in [2.45, 2.75) is 39.5 Å². The van der Waals surface area contributed by atoms with Gasteiger partial charge in [-0.3, -0.25) is 0 Å². The number of fused-ring (bicyclic) bond motifs is 1. The minimum atomic E-state index is 0.946.